The van der Waals surface area contributed by atoms with Crippen molar-refractivity contribution < 1.29 is 4.74 Å². The molecule has 2 nitrogen and oxygen atoms in total. The molecule has 0 heterocycles. The highest BCUT2D eigenvalue weighted by Gasteiger charge is 2.05. The molecular weight excluding hydrogens is 234 g/mol. The monoisotopic (exact) mass is 263 g/mol. The summed E-state index contributed by atoms with van der Waals surface area (Å²) in [5.74, 6) is 1.56. The van der Waals surface area contributed by atoms with Gasteiger partial charge < -0.3 is 10.1 Å². The van der Waals surface area contributed by atoms with Gasteiger partial charge in [0.2, 0.25) is 0 Å². The molecule has 0 saturated heterocycles. The average molecular weight is 263 g/mol. The van der Waals surface area contributed by atoms with Gasteiger partial charge in [0.1, 0.15) is 5.75 Å². The number of nitrogens with one attached hydrogen (secondary N) is 1. The van der Waals surface area contributed by atoms with Crippen molar-refractivity contribution in [2.45, 2.75) is 58.9 Å². The Morgan fingerprint density at radius 2 is 1.79 bits per heavy atom. The van der Waals surface area contributed by atoms with Gasteiger partial charge in [0, 0.05) is 6.04 Å². The van der Waals surface area contributed by atoms with Crippen LogP contribution in [0.25, 0.3) is 0 Å². The highest BCUT2D eigenvalue weighted by molar-refractivity contribution is 5.28. The second-order valence-electron chi connectivity index (χ2n) is 5.42. The Balaban J connectivity index is 2.31. The van der Waals surface area contributed by atoms with Crippen molar-refractivity contribution in [2.24, 2.45) is 0 Å². The van der Waals surface area contributed by atoms with Crippen molar-refractivity contribution in [2.75, 3.05) is 13.2 Å². The number of hydrogen-bond acceptors (Lipinski definition) is 2. The molecule has 108 valence electrons. The van der Waals surface area contributed by atoms with Crippen molar-refractivity contribution in [1.29, 1.82) is 0 Å². The van der Waals surface area contributed by atoms with Crippen LogP contribution in [0.1, 0.15) is 58.4 Å². The van der Waals surface area contributed by atoms with Crippen LogP contribution in [0.15, 0.2) is 24.3 Å². The molecule has 1 N–H and O–H groups in total. The van der Waals surface area contributed by atoms with E-state index in [2.05, 4.69) is 57.3 Å². The molecule has 0 aromatic heterocycles. The molecule has 0 amide bonds. The normalized spacial score (nSPS) is 12.7. The van der Waals surface area contributed by atoms with E-state index in [0.29, 0.717) is 12.0 Å². The van der Waals surface area contributed by atoms with Gasteiger partial charge in [-0.15, -0.1) is 0 Å². The van der Waals surface area contributed by atoms with Crippen LogP contribution in [0, 0.1) is 0 Å². The zero-order valence-corrected chi connectivity index (χ0v) is 12.9. The summed E-state index contributed by atoms with van der Waals surface area (Å²) in [6.07, 6.45) is 3.42. The summed E-state index contributed by atoms with van der Waals surface area (Å²) in [6, 6.07) is 9.06. The maximum absolute atomic E-state index is 5.81. The minimum absolute atomic E-state index is 0.579. The fourth-order valence-corrected chi connectivity index (χ4v) is 2.07. The van der Waals surface area contributed by atoms with E-state index in [4.69, 9.17) is 4.74 Å². The van der Waals surface area contributed by atoms with Crippen LogP contribution in [-0.4, -0.2) is 19.2 Å². The molecule has 1 aromatic carbocycles. The van der Waals surface area contributed by atoms with Crippen LogP contribution in [0.3, 0.4) is 0 Å². The Morgan fingerprint density at radius 3 is 2.32 bits per heavy atom. The maximum Gasteiger partial charge on any atom is 0.119 e. The molecule has 0 fully saturated rings. The molecular formula is C17H29NO. The summed E-state index contributed by atoms with van der Waals surface area (Å²) < 4.78 is 5.81. The van der Waals surface area contributed by atoms with Gasteiger partial charge >= 0.3 is 0 Å². The topological polar surface area (TPSA) is 21.3 Å². The highest BCUT2D eigenvalue weighted by Crippen LogP contribution is 2.18. The van der Waals surface area contributed by atoms with Gasteiger partial charge in [-0.1, -0.05) is 39.8 Å². The predicted octanol–water partition coefficient (Wildman–Crippen LogP) is 4.36. The van der Waals surface area contributed by atoms with Gasteiger partial charge in [-0.25, -0.2) is 0 Å². The third kappa shape index (κ3) is 6.11. The van der Waals surface area contributed by atoms with E-state index in [1.54, 1.807) is 0 Å². The summed E-state index contributed by atoms with van der Waals surface area (Å²) in [5.41, 5.74) is 1.36. The second-order valence-corrected chi connectivity index (χ2v) is 5.42. The molecule has 0 unspecified atom stereocenters. The number of rotatable bonds is 9. The maximum atomic E-state index is 5.81. The van der Waals surface area contributed by atoms with E-state index < -0.39 is 0 Å². The first-order chi connectivity index (χ1) is 9.17. The van der Waals surface area contributed by atoms with E-state index >= 15 is 0 Å². The van der Waals surface area contributed by atoms with Gasteiger partial charge in [0.05, 0.1) is 6.61 Å². The number of benzene rings is 1. The van der Waals surface area contributed by atoms with Gasteiger partial charge in [-0.05, 0) is 49.4 Å². The van der Waals surface area contributed by atoms with E-state index in [9.17, 15) is 0 Å². The molecule has 2 heteroatoms. The van der Waals surface area contributed by atoms with Crippen LogP contribution in [0.5, 0.6) is 5.75 Å². The quantitative estimate of drug-likeness (QED) is 0.715. The smallest absolute Gasteiger partial charge is 0.119 e. The standard InChI is InChI=1S/C17H29NO/c1-5-12-18-16(6-2)11-13-19-17-9-7-15(8-10-17)14(3)4/h7-10,14,16,18H,5-6,11-13H2,1-4H3/t16-/m0/s1. The summed E-state index contributed by atoms with van der Waals surface area (Å²) in [6.45, 7) is 10.7. The number of ether oxygens (including phenoxy) is 1. The van der Waals surface area contributed by atoms with E-state index in [-0.39, 0.29) is 0 Å². The molecule has 0 saturated carbocycles. The molecule has 0 aliphatic rings. The SMILES string of the molecule is CCCN[C@@H](CC)CCOc1ccc(C(C)C)cc1. The average Bonchev–Trinajstić information content (AvgIpc) is 2.43. The Kier molecular flexibility index (Phi) is 7.57. The van der Waals surface area contributed by atoms with Crippen molar-refractivity contribution in [1.82, 2.24) is 5.32 Å². The predicted molar refractivity (Wildman–Crippen MR) is 83.0 cm³/mol. The van der Waals surface area contributed by atoms with Crippen LogP contribution < -0.4 is 10.1 Å². The van der Waals surface area contributed by atoms with E-state index in [1.165, 1.54) is 12.0 Å². The fourth-order valence-electron chi connectivity index (χ4n) is 2.07. The van der Waals surface area contributed by atoms with Crippen LogP contribution in [0.4, 0.5) is 0 Å². The fraction of sp³-hybridized carbons (Fsp3) is 0.647. The van der Waals surface area contributed by atoms with Crippen molar-refractivity contribution in [3.63, 3.8) is 0 Å². The lowest BCUT2D eigenvalue weighted by molar-refractivity contribution is 0.283. The van der Waals surface area contributed by atoms with Crippen LogP contribution in [0.2, 0.25) is 0 Å². The molecule has 1 atom stereocenters. The molecule has 0 bridgehead atoms. The summed E-state index contributed by atoms with van der Waals surface area (Å²) in [7, 11) is 0. The third-order valence-corrected chi connectivity index (χ3v) is 3.46. The summed E-state index contributed by atoms with van der Waals surface area (Å²) in [4.78, 5) is 0. The van der Waals surface area contributed by atoms with Crippen molar-refractivity contribution in [3.8, 4) is 5.75 Å². The minimum Gasteiger partial charge on any atom is -0.494 e. The zero-order valence-electron chi connectivity index (χ0n) is 12.9. The summed E-state index contributed by atoms with van der Waals surface area (Å²) >= 11 is 0. The van der Waals surface area contributed by atoms with Crippen LogP contribution in [-0.2, 0) is 0 Å². The lowest BCUT2D eigenvalue weighted by Crippen LogP contribution is -2.30. The highest BCUT2D eigenvalue weighted by atomic mass is 16.5. The van der Waals surface area contributed by atoms with Gasteiger partial charge in [0.25, 0.3) is 0 Å². The van der Waals surface area contributed by atoms with E-state index in [0.717, 1.165) is 31.7 Å². The lowest BCUT2D eigenvalue weighted by atomic mass is 10.0. The molecule has 0 aliphatic heterocycles. The molecule has 0 aliphatic carbocycles. The Hall–Kier alpha value is -1.02. The van der Waals surface area contributed by atoms with Gasteiger partial charge in [-0.3, -0.25) is 0 Å². The van der Waals surface area contributed by atoms with Gasteiger partial charge in [0.15, 0.2) is 0 Å². The minimum atomic E-state index is 0.579. The number of hydrogen-bond donors (Lipinski definition) is 1. The molecule has 19 heavy (non-hydrogen) atoms. The first-order valence-corrected chi connectivity index (χ1v) is 7.63. The first-order valence-electron chi connectivity index (χ1n) is 7.63. The zero-order chi connectivity index (χ0) is 14.1. The van der Waals surface area contributed by atoms with Crippen molar-refractivity contribution in [3.05, 3.63) is 29.8 Å². The lowest BCUT2D eigenvalue weighted by Gasteiger charge is -2.17. The molecule has 1 aromatic rings. The second kappa shape index (κ2) is 8.98. The van der Waals surface area contributed by atoms with Crippen molar-refractivity contribution >= 4 is 0 Å². The summed E-state index contributed by atoms with van der Waals surface area (Å²) in [5, 5.41) is 3.55. The van der Waals surface area contributed by atoms with E-state index in [1.807, 2.05) is 0 Å². The molecule has 0 spiro atoms. The largest absolute Gasteiger partial charge is 0.494 e. The third-order valence-electron chi connectivity index (χ3n) is 3.46. The Labute approximate surface area is 118 Å². The Bertz CT molecular complexity index is 332. The molecule has 0 radical (unpaired) electrons. The molecule has 1 rings (SSSR count). The van der Waals surface area contributed by atoms with Gasteiger partial charge in [-0.2, -0.15) is 0 Å². The van der Waals surface area contributed by atoms with Crippen LogP contribution >= 0.6 is 0 Å². The first kappa shape index (κ1) is 16.0. The Morgan fingerprint density at radius 1 is 1.11 bits per heavy atom.